The first-order valence-electron chi connectivity index (χ1n) is 7.21. The molecular weight excluding hydrogens is 332 g/mol. The highest BCUT2D eigenvalue weighted by Crippen LogP contribution is 2.19. The van der Waals surface area contributed by atoms with Crippen LogP contribution in [0, 0.1) is 0 Å². The van der Waals surface area contributed by atoms with Crippen molar-refractivity contribution in [1.82, 2.24) is 10.3 Å². The van der Waals surface area contributed by atoms with E-state index in [4.69, 9.17) is 0 Å². The Labute approximate surface area is 139 Å². The van der Waals surface area contributed by atoms with Crippen LogP contribution in [-0.4, -0.2) is 47.9 Å². The van der Waals surface area contributed by atoms with Crippen LogP contribution in [0.2, 0.25) is 0 Å². The number of para-hydroxylation sites is 1. The van der Waals surface area contributed by atoms with Gasteiger partial charge in [0.25, 0.3) is 0 Å². The Morgan fingerprint density at radius 3 is 2.71 bits per heavy atom. The third-order valence-corrected chi connectivity index (χ3v) is 4.90. The molecule has 7 nitrogen and oxygen atoms in total. The Bertz CT molecular complexity index is 869. The first-order chi connectivity index (χ1) is 11.3. The van der Waals surface area contributed by atoms with Crippen LogP contribution < -0.4 is 5.32 Å². The molecule has 128 valence electrons. The molecule has 24 heavy (non-hydrogen) atoms. The van der Waals surface area contributed by atoms with Gasteiger partial charge >= 0.3 is 5.97 Å². The number of carboxylic acid groups (broad SMARTS) is 1. The second kappa shape index (κ2) is 7.31. The number of nitrogens with one attached hydrogen (secondary N) is 2. The highest BCUT2D eigenvalue weighted by molar-refractivity contribution is 7.92. The summed E-state index contributed by atoms with van der Waals surface area (Å²) in [5.41, 5.74) is 1.59. The summed E-state index contributed by atoms with van der Waals surface area (Å²) in [5, 5.41) is 12.4. The van der Waals surface area contributed by atoms with Gasteiger partial charge in [0, 0.05) is 23.5 Å². The summed E-state index contributed by atoms with van der Waals surface area (Å²) in [6.45, 7) is 3.31. The number of fused-ring (bicyclic) bond motifs is 1. The van der Waals surface area contributed by atoms with Crippen molar-refractivity contribution < 1.29 is 23.1 Å². The van der Waals surface area contributed by atoms with Crippen LogP contribution in [0.15, 0.2) is 43.1 Å². The lowest BCUT2D eigenvalue weighted by Crippen LogP contribution is -2.44. The van der Waals surface area contributed by atoms with Crippen molar-refractivity contribution in [2.75, 3.05) is 11.5 Å². The molecule has 0 aliphatic rings. The van der Waals surface area contributed by atoms with E-state index in [0.717, 1.165) is 16.5 Å². The van der Waals surface area contributed by atoms with E-state index in [0.29, 0.717) is 0 Å². The van der Waals surface area contributed by atoms with Crippen LogP contribution in [0.3, 0.4) is 0 Å². The molecule has 0 fully saturated rings. The zero-order valence-corrected chi connectivity index (χ0v) is 13.7. The molecule has 0 aliphatic heterocycles. The number of aromatic nitrogens is 1. The SMILES string of the molecule is C=CCS(=O)(=O)CC(=O)NC(Cc1c[nH]c2ccccc12)C(=O)O. The minimum Gasteiger partial charge on any atom is -0.480 e. The second-order valence-electron chi connectivity index (χ2n) is 5.37. The zero-order valence-electron chi connectivity index (χ0n) is 12.9. The number of H-pyrrole nitrogens is 1. The van der Waals surface area contributed by atoms with E-state index in [1.165, 1.54) is 6.08 Å². The van der Waals surface area contributed by atoms with Crippen LogP contribution in [0.4, 0.5) is 0 Å². The van der Waals surface area contributed by atoms with Gasteiger partial charge in [0.05, 0.1) is 5.75 Å². The van der Waals surface area contributed by atoms with Crippen molar-refractivity contribution in [3.8, 4) is 0 Å². The lowest BCUT2D eigenvalue weighted by atomic mass is 10.1. The van der Waals surface area contributed by atoms with E-state index in [1.54, 1.807) is 6.20 Å². The maximum atomic E-state index is 11.8. The number of rotatable bonds is 8. The number of benzene rings is 1. The quantitative estimate of drug-likeness (QED) is 0.611. The molecule has 1 amide bonds. The van der Waals surface area contributed by atoms with Gasteiger partial charge in [-0.3, -0.25) is 4.79 Å². The second-order valence-corrected chi connectivity index (χ2v) is 7.47. The van der Waals surface area contributed by atoms with Crippen LogP contribution in [-0.2, 0) is 25.8 Å². The summed E-state index contributed by atoms with van der Waals surface area (Å²) in [6, 6.07) is 6.17. The summed E-state index contributed by atoms with van der Waals surface area (Å²) < 4.78 is 23.2. The van der Waals surface area contributed by atoms with Gasteiger partial charge < -0.3 is 15.4 Å². The Morgan fingerprint density at radius 1 is 1.33 bits per heavy atom. The number of amides is 1. The Hall–Kier alpha value is -2.61. The molecule has 1 aromatic heterocycles. The topological polar surface area (TPSA) is 116 Å². The Kier molecular flexibility index (Phi) is 5.40. The van der Waals surface area contributed by atoms with E-state index >= 15 is 0 Å². The number of sulfone groups is 1. The third-order valence-electron chi connectivity index (χ3n) is 3.46. The van der Waals surface area contributed by atoms with E-state index in [-0.39, 0.29) is 12.2 Å². The molecule has 1 unspecified atom stereocenters. The van der Waals surface area contributed by atoms with Crippen LogP contribution in [0.5, 0.6) is 0 Å². The smallest absolute Gasteiger partial charge is 0.326 e. The normalized spacial score (nSPS) is 12.7. The molecule has 1 aromatic carbocycles. The van der Waals surface area contributed by atoms with Crippen LogP contribution in [0.1, 0.15) is 5.56 Å². The maximum absolute atomic E-state index is 11.8. The molecule has 0 bridgehead atoms. The average molecular weight is 350 g/mol. The molecule has 1 atom stereocenters. The number of aromatic amines is 1. The van der Waals surface area contributed by atoms with Crippen molar-refractivity contribution in [3.05, 3.63) is 48.7 Å². The number of aliphatic carboxylic acids is 1. The van der Waals surface area contributed by atoms with Gasteiger partial charge in [-0.25, -0.2) is 13.2 Å². The summed E-state index contributed by atoms with van der Waals surface area (Å²) >= 11 is 0. The molecule has 0 saturated heterocycles. The molecule has 1 heterocycles. The first-order valence-corrected chi connectivity index (χ1v) is 9.03. The fourth-order valence-electron chi connectivity index (χ4n) is 2.39. The van der Waals surface area contributed by atoms with E-state index in [1.807, 2.05) is 24.3 Å². The fourth-order valence-corrected chi connectivity index (χ4v) is 3.35. The minimum atomic E-state index is -3.63. The van der Waals surface area contributed by atoms with Gasteiger partial charge in [0.1, 0.15) is 11.8 Å². The van der Waals surface area contributed by atoms with E-state index in [2.05, 4.69) is 16.9 Å². The van der Waals surface area contributed by atoms with Crippen molar-refractivity contribution >= 4 is 32.6 Å². The first kappa shape index (κ1) is 17.7. The number of hydrogen-bond donors (Lipinski definition) is 3. The number of hydrogen-bond acceptors (Lipinski definition) is 4. The summed E-state index contributed by atoms with van der Waals surface area (Å²) in [7, 11) is -3.63. The minimum absolute atomic E-state index is 0.0482. The van der Waals surface area contributed by atoms with Gasteiger partial charge in [-0.05, 0) is 11.6 Å². The number of carbonyl (C=O) groups is 2. The Balaban J connectivity index is 2.11. The molecule has 0 spiro atoms. The highest BCUT2D eigenvalue weighted by Gasteiger charge is 2.24. The van der Waals surface area contributed by atoms with Gasteiger partial charge in [-0.1, -0.05) is 24.3 Å². The van der Waals surface area contributed by atoms with Gasteiger partial charge in [-0.15, -0.1) is 6.58 Å². The molecule has 2 rings (SSSR count). The van der Waals surface area contributed by atoms with Crippen LogP contribution >= 0.6 is 0 Å². The molecule has 0 radical (unpaired) electrons. The van der Waals surface area contributed by atoms with Crippen molar-refractivity contribution in [3.63, 3.8) is 0 Å². The zero-order chi connectivity index (χ0) is 17.7. The monoisotopic (exact) mass is 350 g/mol. The highest BCUT2D eigenvalue weighted by atomic mass is 32.2. The maximum Gasteiger partial charge on any atom is 0.326 e. The summed E-state index contributed by atoms with van der Waals surface area (Å²) in [5.74, 6) is -3.17. The predicted molar refractivity (Wildman–Crippen MR) is 90.4 cm³/mol. The molecule has 0 saturated carbocycles. The average Bonchev–Trinajstić information content (AvgIpc) is 2.89. The van der Waals surface area contributed by atoms with Gasteiger partial charge in [-0.2, -0.15) is 0 Å². The van der Waals surface area contributed by atoms with Crippen molar-refractivity contribution in [2.45, 2.75) is 12.5 Å². The molecule has 3 N–H and O–H groups in total. The number of carbonyl (C=O) groups excluding carboxylic acids is 1. The molecule has 0 aliphatic carbocycles. The summed E-state index contributed by atoms with van der Waals surface area (Å²) in [4.78, 5) is 26.3. The van der Waals surface area contributed by atoms with E-state index < -0.39 is 33.5 Å². The van der Waals surface area contributed by atoms with Gasteiger partial charge in [0.2, 0.25) is 5.91 Å². The van der Waals surface area contributed by atoms with E-state index in [9.17, 15) is 23.1 Å². The number of carboxylic acids is 1. The fraction of sp³-hybridized carbons (Fsp3) is 0.250. The summed E-state index contributed by atoms with van der Waals surface area (Å²) in [6.07, 6.45) is 2.91. The Morgan fingerprint density at radius 2 is 2.04 bits per heavy atom. The third kappa shape index (κ3) is 4.45. The van der Waals surface area contributed by atoms with Crippen molar-refractivity contribution in [2.24, 2.45) is 0 Å². The molecule has 8 heteroatoms. The lowest BCUT2D eigenvalue weighted by molar-refractivity contribution is -0.141. The molecule has 2 aromatic rings. The largest absolute Gasteiger partial charge is 0.480 e. The van der Waals surface area contributed by atoms with Crippen LogP contribution in [0.25, 0.3) is 10.9 Å². The van der Waals surface area contributed by atoms with Crippen molar-refractivity contribution in [1.29, 1.82) is 0 Å². The molecular formula is C16H18N2O5S. The lowest BCUT2D eigenvalue weighted by Gasteiger charge is -2.14. The standard InChI is InChI=1S/C16H18N2O5S/c1-2-7-24(22,23)10-15(19)18-14(16(20)21)8-11-9-17-13-6-4-3-5-12(11)13/h2-6,9,14,17H,1,7-8,10H2,(H,18,19)(H,20,21). The van der Waals surface area contributed by atoms with Gasteiger partial charge in [0.15, 0.2) is 9.84 Å². The predicted octanol–water partition coefficient (Wildman–Crippen LogP) is 0.881.